The van der Waals surface area contributed by atoms with Crippen LogP contribution in [0.5, 0.6) is 0 Å². The van der Waals surface area contributed by atoms with Gasteiger partial charge in [-0.2, -0.15) is 0 Å². The standard InChI is InChI=1S/C18H23N5O3/c1-18(2,3)23(17(25)26)13-9-22(10-13)12-6-14-11(4-5-15(19)24)7-20-16(14)21-8-12/h4-8,13H,9-10H2,1-3H3,(H2,19,24)(H,20,21)(H,25,26)/b5-4+. The smallest absolute Gasteiger partial charge is 0.408 e. The van der Waals surface area contributed by atoms with Gasteiger partial charge >= 0.3 is 6.09 Å². The van der Waals surface area contributed by atoms with Gasteiger partial charge in [0.25, 0.3) is 0 Å². The molecule has 0 aromatic carbocycles. The van der Waals surface area contributed by atoms with Crippen molar-refractivity contribution in [2.45, 2.75) is 32.4 Å². The zero-order valence-electron chi connectivity index (χ0n) is 15.1. The van der Waals surface area contributed by atoms with Crippen LogP contribution in [0, 0.1) is 0 Å². The third-order valence-corrected chi connectivity index (χ3v) is 4.50. The first-order chi connectivity index (χ1) is 12.2. The van der Waals surface area contributed by atoms with Crippen LogP contribution in [0.3, 0.4) is 0 Å². The maximum atomic E-state index is 11.6. The lowest BCUT2D eigenvalue weighted by molar-refractivity contribution is -0.113. The molecule has 138 valence electrons. The van der Waals surface area contributed by atoms with Crippen LogP contribution < -0.4 is 10.6 Å². The van der Waals surface area contributed by atoms with Gasteiger partial charge in [-0.15, -0.1) is 0 Å². The van der Waals surface area contributed by atoms with Crippen molar-refractivity contribution in [3.63, 3.8) is 0 Å². The topological polar surface area (TPSA) is 116 Å². The molecule has 0 atom stereocenters. The number of carbonyl (C=O) groups excluding carboxylic acids is 1. The van der Waals surface area contributed by atoms with Crippen molar-refractivity contribution in [2.24, 2.45) is 5.73 Å². The molecule has 0 spiro atoms. The summed E-state index contributed by atoms with van der Waals surface area (Å²) in [4.78, 5) is 33.6. The third-order valence-electron chi connectivity index (χ3n) is 4.50. The molecular weight excluding hydrogens is 334 g/mol. The Bertz CT molecular complexity index is 875. The highest BCUT2D eigenvalue weighted by Crippen LogP contribution is 2.30. The molecule has 1 aliphatic rings. The predicted octanol–water partition coefficient (Wildman–Crippen LogP) is 2.03. The van der Waals surface area contributed by atoms with Gasteiger partial charge in [-0.3, -0.25) is 9.69 Å². The lowest BCUT2D eigenvalue weighted by Gasteiger charge is -2.49. The van der Waals surface area contributed by atoms with E-state index in [0.717, 1.165) is 22.3 Å². The van der Waals surface area contributed by atoms with Crippen molar-refractivity contribution >= 4 is 34.8 Å². The first-order valence-corrected chi connectivity index (χ1v) is 8.38. The van der Waals surface area contributed by atoms with E-state index in [0.29, 0.717) is 13.1 Å². The average molecular weight is 357 g/mol. The van der Waals surface area contributed by atoms with Gasteiger partial charge in [-0.25, -0.2) is 9.78 Å². The van der Waals surface area contributed by atoms with Gasteiger partial charge in [-0.05, 0) is 32.9 Å². The van der Waals surface area contributed by atoms with E-state index in [1.54, 1.807) is 18.5 Å². The summed E-state index contributed by atoms with van der Waals surface area (Å²) in [6, 6.07) is 1.93. The minimum Gasteiger partial charge on any atom is -0.465 e. The van der Waals surface area contributed by atoms with E-state index in [1.807, 2.05) is 26.8 Å². The molecule has 8 nitrogen and oxygen atoms in total. The molecule has 0 saturated carbocycles. The molecule has 4 N–H and O–H groups in total. The van der Waals surface area contributed by atoms with Crippen LogP contribution in [0.4, 0.5) is 10.5 Å². The SMILES string of the molecule is CC(C)(C)N(C(=O)O)C1CN(c2cnc3[nH]cc(/C=C/C(N)=O)c3c2)C1. The lowest BCUT2D eigenvalue weighted by Crippen LogP contribution is -2.65. The Labute approximate surface area is 151 Å². The molecule has 0 bridgehead atoms. The van der Waals surface area contributed by atoms with E-state index >= 15 is 0 Å². The molecular formula is C18H23N5O3. The Balaban J connectivity index is 1.79. The van der Waals surface area contributed by atoms with E-state index in [4.69, 9.17) is 5.73 Å². The Morgan fingerprint density at radius 2 is 2.12 bits per heavy atom. The first-order valence-electron chi connectivity index (χ1n) is 8.38. The maximum absolute atomic E-state index is 11.6. The lowest BCUT2D eigenvalue weighted by atomic mass is 9.98. The van der Waals surface area contributed by atoms with Crippen LogP contribution in [0.2, 0.25) is 0 Å². The predicted molar refractivity (Wildman–Crippen MR) is 99.9 cm³/mol. The highest BCUT2D eigenvalue weighted by molar-refractivity contribution is 5.95. The molecule has 1 saturated heterocycles. The number of anilines is 1. The van der Waals surface area contributed by atoms with Crippen molar-refractivity contribution in [1.82, 2.24) is 14.9 Å². The number of hydrogen-bond acceptors (Lipinski definition) is 4. The van der Waals surface area contributed by atoms with Crippen LogP contribution in [0.15, 0.2) is 24.5 Å². The summed E-state index contributed by atoms with van der Waals surface area (Å²) in [7, 11) is 0. The van der Waals surface area contributed by atoms with E-state index in [9.17, 15) is 14.7 Å². The second-order valence-corrected chi connectivity index (χ2v) is 7.45. The summed E-state index contributed by atoms with van der Waals surface area (Å²) in [5, 5.41) is 10.4. The van der Waals surface area contributed by atoms with Gasteiger partial charge in [0.15, 0.2) is 0 Å². The fourth-order valence-corrected chi connectivity index (χ4v) is 3.32. The fourth-order valence-electron chi connectivity index (χ4n) is 3.32. The number of primary amides is 1. The second-order valence-electron chi connectivity index (χ2n) is 7.45. The van der Waals surface area contributed by atoms with E-state index in [1.165, 1.54) is 11.0 Å². The molecule has 2 amide bonds. The van der Waals surface area contributed by atoms with Gasteiger partial charge in [0, 0.05) is 41.9 Å². The number of amides is 2. The Hall–Kier alpha value is -3.03. The molecule has 3 heterocycles. The van der Waals surface area contributed by atoms with Gasteiger partial charge in [-0.1, -0.05) is 0 Å². The largest absolute Gasteiger partial charge is 0.465 e. The van der Waals surface area contributed by atoms with Crippen molar-refractivity contribution < 1.29 is 14.7 Å². The molecule has 2 aromatic rings. The van der Waals surface area contributed by atoms with Crippen molar-refractivity contribution in [3.8, 4) is 0 Å². The minimum absolute atomic E-state index is 0.0522. The zero-order valence-corrected chi connectivity index (χ0v) is 15.1. The molecule has 0 radical (unpaired) electrons. The number of nitrogens with two attached hydrogens (primary N) is 1. The van der Waals surface area contributed by atoms with Crippen LogP contribution >= 0.6 is 0 Å². The molecule has 2 aromatic heterocycles. The molecule has 1 aliphatic heterocycles. The number of carbonyl (C=O) groups is 2. The third kappa shape index (κ3) is 3.35. The number of fused-ring (bicyclic) bond motifs is 1. The van der Waals surface area contributed by atoms with Crippen LogP contribution in [-0.2, 0) is 4.79 Å². The molecule has 26 heavy (non-hydrogen) atoms. The minimum atomic E-state index is -0.903. The zero-order chi connectivity index (χ0) is 19.1. The van der Waals surface area contributed by atoms with Crippen molar-refractivity contribution in [2.75, 3.05) is 18.0 Å². The molecule has 1 fully saturated rings. The highest BCUT2D eigenvalue weighted by Gasteiger charge is 2.40. The van der Waals surface area contributed by atoms with E-state index < -0.39 is 17.5 Å². The monoisotopic (exact) mass is 357 g/mol. The summed E-state index contributed by atoms with van der Waals surface area (Å²) in [6.45, 7) is 6.93. The average Bonchev–Trinajstić information content (AvgIpc) is 2.88. The van der Waals surface area contributed by atoms with Crippen LogP contribution in [0.25, 0.3) is 17.1 Å². The number of aromatic nitrogens is 2. The van der Waals surface area contributed by atoms with E-state index in [-0.39, 0.29) is 6.04 Å². The summed E-state index contributed by atoms with van der Waals surface area (Å²) in [5.41, 5.74) is 7.17. The Morgan fingerprint density at radius 1 is 1.42 bits per heavy atom. The summed E-state index contributed by atoms with van der Waals surface area (Å²) >= 11 is 0. The van der Waals surface area contributed by atoms with Crippen LogP contribution in [0.1, 0.15) is 26.3 Å². The maximum Gasteiger partial charge on any atom is 0.408 e. The summed E-state index contributed by atoms with van der Waals surface area (Å²) in [5.74, 6) is -0.509. The van der Waals surface area contributed by atoms with E-state index in [2.05, 4.69) is 14.9 Å². The van der Waals surface area contributed by atoms with Gasteiger partial charge in [0.05, 0.1) is 17.9 Å². The van der Waals surface area contributed by atoms with Gasteiger partial charge in [0.1, 0.15) is 5.65 Å². The van der Waals surface area contributed by atoms with Crippen molar-refractivity contribution in [1.29, 1.82) is 0 Å². The Morgan fingerprint density at radius 3 is 2.69 bits per heavy atom. The quantitative estimate of drug-likeness (QED) is 0.724. The van der Waals surface area contributed by atoms with Gasteiger partial charge in [0.2, 0.25) is 5.91 Å². The number of H-pyrrole nitrogens is 1. The molecule has 8 heteroatoms. The summed E-state index contributed by atoms with van der Waals surface area (Å²) in [6.07, 6.45) is 5.59. The number of nitrogens with one attached hydrogen (secondary N) is 1. The number of carboxylic acid groups (broad SMARTS) is 1. The number of nitrogens with zero attached hydrogens (tertiary/aromatic N) is 3. The Kier molecular flexibility index (Phi) is 4.35. The molecule has 3 rings (SSSR count). The summed E-state index contributed by atoms with van der Waals surface area (Å²) < 4.78 is 0. The number of pyridine rings is 1. The normalized spacial score (nSPS) is 15.4. The van der Waals surface area contributed by atoms with Crippen molar-refractivity contribution in [3.05, 3.63) is 30.1 Å². The molecule has 0 aliphatic carbocycles. The molecule has 0 unspecified atom stereocenters. The number of hydrogen-bond donors (Lipinski definition) is 3. The van der Waals surface area contributed by atoms with Gasteiger partial charge < -0.3 is 20.7 Å². The fraction of sp³-hybridized carbons (Fsp3) is 0.389. The highest BCUT2D eigenvalue weighted by atomic mass is 16.4. The van der Waals surface area contributed by atoms with Crippen LogP contribution in [-0.4, -0.2) is 56.6 Å². The second kappa shape index (κ2) is 6.36. The number of rotatable bonds is 4. The number of aromatic amines is 1. The first kappa shape index (κ1) is 17.8.